The first-order valence-electron chi connectivity index (χ1n) is 8.35. The Morgan fingerprint density at radius 3 is 2.43 bits per heavy atom. The second kappa shape index (κ2) is 6.91. The standard InChI is InChI=1S/C18H29NO2SSi/c1-15-9-11-18(12-10-15)22(20,21)19-13-17(19)8-6-7-16(2)14-23(3,4)5/h9-12,17H,2,6-8,13-14H2,1,3-5H3. The molecule has 1 aromatic carbocycles. The van der Waals surface area contributed by atoms with Gasteiger partial charge in [-0.15, -0.1) is 6.58 Å². The third-order valence-electron chi connectivity index (χ3n) is 4.14. The topological polar surface area (TPSA) is 37.1 Å². The summed E-state index contributed by atoms with van der Waals surface area (Å²) in [5.74, 6) is 0. The summed E-state index contributed by atoms with van der Waals surface area (Å²) in [5, 5.41) is 0. The van der Waals surface area contributed by atoms with Crippen molar-refractivity contribution >= 4 is 18.1 Å². The number of hydrogen-bond acceptors (Lipinski definition) is 2. The Labute approximate surface area is 142 Å². The third-order valence-corrected chi connectivity index (χ3v) is 7.63. The normalized spacial score (nSPS) is 21.2. The van der Waals surface area contributed by atoms with Gasteiger partial charge >= 0.3 is 0 Å². The van der Waals surface area contributed by atoms with Crippen molar-refractivity contribution in [1.29, 1.82) is 0 Å². The molecule has 1 heterocycles. The average Bonchev–Trinajstić information content (AvgIpc) is 3.17. The van der Waals surface area contributed by atoms with Crippen LogP contribution in [0.4, 0.5) is 0 Å². The van der Waals surface area contributed by atoms with Crippen molar-refractivity contribution < 1.29 is 8.42 Å². The first-order chi connectivity index (χ1) is 10.6. The van der Waals surface area contributed by atoms with Gasteiger partial charge in [0.1, 0.15) is 0 Å². The summed E-state index contributed by atoms with van der Waals surface area (Å²) < 4.78 is 26.7. The van der Waals surface area contributed by atoms with Gasteiger partial charge in [-0.3, -0.25) is 0 Å². The molecule has 2 atom stereocenters. The van der Waals surface area contributed by atoms with Crippen LogP contribution in [-0.4, -0.2) is 33.4 Å². The molecule has 1 saturated heterocycles. The molecule has 0 spiro atoms. The highest BCUT2D eigenvalue weighted by Gasteiger charge is 2.43. The lowest BCUT2D eigenvalue weighted by atomic mass is 10.1. The SMILES string of the molecule is C=C(CCCC1CN1S(=O)(=O)c1ccc(C)cc1)C[Si](C)(C)C. The molecule has 128 valence electrons. The summed E-state index contributed by atoms with van der Waals surface area (Å²) in [7, 11) is -4.37. The summed E-state index contributed by atoms with van der Waals surface area (Å²) in [5.41, 5.74) is 2.41. The minimum absolute atomic E-state index is 0.181. The van der Waals surface area contributed by atoms with Crippen LogP contribution < -0.4 is 0 Å². The maximum absolute atomic E-state index is 12.5. The number of hydrogen-bond donors (Lipinski definition) is 0. The number of benzene rings is 1. The van der Waals surface area contributed by atoms with E-state index >= 15 is 0 Å². The fourth-order valence-electron chi connectivity index (χ4n) is 2.96. The molecule has 2 unspecified atom stereocenters. The highest BCUT2D eigenvalue weighted by molar-refractivity contribution is 7.89. The molecule has 1 aliphatic rings. The van der Waals surface area contributed by atoms with E-state index in [1.165, 1.54) is 11.6 Å². The Balaban J connectivity index is 1.81. The minimum atomic E-state index is -3.29. The zero-order valence-electron chi connectivity index (χ0n) is 14.8. The van der Waals surface area contributed by atoms with E-state index in [1.807, 2.05) is 19.1 Å². The van der Waals surface area contributed by atoms with Gasteiger partial charge in [0.25, 0.3) is 0 Å². The molecule has 0 aromatic heterocycles. The molecule has 1 aliphatic heterocycles. The van der Waals surface area contributed by atoms with E-state index in [1.54, 1.807) is 16.4 Å². The van der Waals surface area contributed by atoms with Crippen LogP contribution >= 0.6 is 0 Å². The fraction of sp³-hybridized carbons (Fsp3) is 0.556. The largest absolute Gasteiger partial charge is 0.243 e. The van der Waals surface area contributed by atoms with Crippen molar-refractivity contribution in [2.45, 2.75) is 62.8 Å². The Morgan fingerprint density at radius 2 is 1.87 bits per heavy atom. The quantitative estimate of drug-likeness (QED) is 0.395. The van der Waals surface area contributed by atoms with Gasteiger partial charge in [-0.25, -0.2) is 8.42 Å². The van der Waals surface area contributed by atoms with Crippen molar-refractivity contribution in [2.24, 2.45) is 0 Å². The van der Waals surface area contributed by atoms with Crippen molar-refractivity contribution in [3.05, 3.63) is 42.0 Å². The molecule has 3 nitrogen and oxygen atoms in total. The van der Waals surface area contributed by atoms with Crippen molar-refractivity contribution in [3.8, 4) is 0 Å². The lowest BCUT2D eigenvalue weighted by Crippen LogP contribution is -2.19. The molecule has 1 fully saturated rings. The van der Waals surface area contributed by atoms with Crippen LogP contribution in [0.25, 0.3) is 0 Å². The molecular weight excluding hydrogens is 322 g/mol. The molecule has 0 amide bonds. The van der Waals surface area contributed by atoms with Crippen LogP contribution in [0.3, 0.4) is 0 Å². The maximum atomic E-state index is 12.5. The Bertz CT molecular complexity index is 659. The van der Waals surface area contributed by atoms with E-state index in [0.717, 1.165) is 24.8 Å². The third kappa shape index (κ3) is 5.30. The molecule has 2 rings (SSSR count). The molecule has 0 radical (unpaired) electrons. The zero-order chi connectivity index (χ0) is 17.3. The van der Waals surface area contributed by atoms with E-state index in [4.69, 9.17) is 0 Å². The number of allylic oxidation sites excluding steroid dienone is 1. The predicted octanol–water partition coefficient (Wildman–Crippen LogP) is 4.43. The monoisotopic (exact) mass is 351 g/mol. The Morgan fingerprint density at radius 1 is 1.26 bits per heavy atom. The van der Waals surface area contributed by atoms with E-state index < -0.39 is 18.1 Å². The Hall–Kier alpha value is -0.913. The summed E-state index contributed by atoms with van der Waals surface area (Å²) in [4.78, 5) is 0.411. The lowest BCUT2D eigenvalue weighted by Gasteiger charge is -2.17. The van der Waals surface area contributed by atoms with Crippen LogP contribution in [0.2, 0.25) is 25.7 Å². The first kappa shape index (κ1) is 18.4. The van der Waals surface area contributed by atoms with E-state index in [9.17, 15) is 8.42 Å². The molecule has 23 heavy (non-hydrogen) atoms. The van der Waals surface area contributed by atoms with Gasteiger partial charge in [0.2, 0.25) is 10.0 Å². The molecule has 0 bridgehead atoms. The van der Waals surface area contributed by atoms with E-state index in [-0.39, 0.29) is 6.04 Å². The molecule has 1 aromatic rings. The molecule has 0 saturated carbocycles. The summed E-state index contributed by atoms with van der Waals surface area (Å²) in [6.07, 6.45) is 3.00. The highest BCUT2D eigenvalue weighted by atomic mass is 32.2. The van der Waals surface area contributed by atoms with Gasteiger partial charge in [-0.2, -0.15) is 4.31 Å². The summed E-state index contributed by atoms with van der Waals surface area (Å²) >= 11 is 0. The van der Waals surface area contributed by atoms with Crippen molar-refractivity contribution in [1.82, 2.24) is 4.31 Å². The van der Waals surface area contributed by atoms with Gasteiger partial charge in [0.05, 0.1) is 4.90 Å². The van der Waals surface area contributed by atoms with Crippen molar-refractivity contribution in [3.63, 3.8) is 0 Å². The van der Waals surface area contributed by atoms with Crippen LogP contribution in [0.1, 0.15) is 24.8 Å². The van der Waals surface area contributed by atoms with Gasteiger partial charge in [-0.1, -0.05) is 42.9 Å². The maximum Gasteiger partial charge on any atom is 0.243 e. The predicted molar refractivity (Wildman–Crippen MR) is 100 cm³/mol. The van der Waals surface area contributed by atoms with Crippen molar-refractivity contribution in [2.75, 3.05) is 6.54 Å². The van der Waals surface area contributed by atoms with Crippen LogP contribution in [0, 0.1) is 6.92 Å². The summed E-state index contributed by atoms with van der Waals surface area (Å²) in [6, 6.07) is 8.47. The van der Waals surface area contributed by atoms with Gasteiger partial charge in [0.15, 0.2) is 0 Å². The lowest BCUT2D eigenvalue weighted by molar-refractivity contribution is 0.543. The molecular formula is C18H29NO2SSi. The van der Waals surface area contributed by atoms with Crippen LogP contribution in [0.5, 0.6) is 0 Å². The van der Waals surface area contributed by atoms with Crippen LogP contribution in [0.15, 0.2) is 41.3 Å². The zero-order valence-corrected chi connectivity index (χ0v) is 16.6. The van der Waals surface area contributed by atoms with Gasteiger partial charge in [-0.05, 0) is 44.4 Å². The minimum Gasteiger partial charge on any atom is -0.207 e. The second-order valence-electron chi connectivity index (χ2n) is 7.92. The number of rotatable bonds is 8. The number of sulfonamides is 1. The summed E-state index contributed by atoms with van der Waals surface area (Å²) in [6.45, 7) is 13.9. The Kier molecular flexibility index (Phi) is 5.54. The van der Waals surface area contributed by atoms with Gasteiger partial charge < -0.3 is 0 Å². The second-order valence-corrected chi connectivity index (χ2v) is 15.3. The fourth-order valence-corrected chi connectivity index (χ4v) is 6.26. The average molecular weight is 352 g/mol. The van der Waals surface area contributed by atoms with Crippen LogP contribution in [-0.2, 0) is 10.0 Å². The molecule has 5 heteroatoms. The van der Waals surface area contributed by atoms with E-state index in [2.05, 4.69) is 26.2 Å². The highest BCUT2D eigenvalue weighted by Crippen LogP contribution is 2.32. The molecule has 0 N–H and O–H groups in total. The number of aryl methyl sites for hydroxylation is 1. The van der Waals surface area contributed by atoms with E-state index in [0.29, 0.717) is 11.4 Å². The smallest absolute Gasteiger partial charge is 0.207 e. The molecule has 0 aliphatic carbocycles. The van der Waals surface area contributed by atoms with Gasteiger partial charge in [0, 0.05) is 20.7 Å². The first-order valence-corrected chi connectivity index (χ1v) is 13.5. The number of nitrogens with zero attached hydrogens (tertiary/aromatic N) is 1.